The highest BCUT2D eigenvalue weighted by atomic mass is 16.7. The van der Waals surface area contributed by atoms with Crippen LogP contribution in [0, 0.1) is 6.92 Å². The predicted molar refractivity (Wildman–Crippen MR) is 112 cm³/mol. The van der Waals surface area contributed by atoms with Crippen LogP contribution in [0.5, 0.6) is 0 Å². The number of carbonyl (C=O) groups excluding carboxylic acids is 2. The van der Waals surface area contributed by atoms with Gasteiger partial charge in [-0.25, -0.2) is 4.79 Å². The number of amides is 1. The number of unbranched alkanes of at least 4 members (excludes halogenated alkanes) is 8. The van der Waals surface area contributed by atoms with E-state index < -0.39 is 5.97 Å². The molecule has 5 heteroatoms. The van der Waals surface area contributed by atoms with Gasteiger partial charge in [0.1, 0.15) is 0 Å². The standard InChI is InChI=1S/C23H37NO4/c1-20-14-11-12-15-21(20)17-18-23(26)28-24-22(25)16-10-8-6-4-3-5-7-9-13-19-27-2/h11-12,14-15H,3-10,13,16-19H2,1-2H3,(H,24,25). The van der Waals surface area contributed by atoms with Crippen LogP contribution in [0.4, 0.5) is 0 Å². The number of ether oxygens (including phenoxy) is 1. The number of benzene rings is 1. The minimum atomic E-state index is -0.401. The summed E-state index contributed by atoms with van der Waals surface area (Å²) in [6.45, 7) is 2.88. The molecule has 0 aromatic heterocycles. The molecular weight excluding hydrogens is 354 g/mol. The van der Waals surface area contributed by atoms with Crippen molar-refractivity contribution in [3.8, 4) is 0 Å². The fourth-order valence-corrected chi connectivity index (χ4v) is 3.11. The van der Waals surface area contributed by atoms with Crippen molar-refractivity contribution in [2.45, 2.75) is 84.0 Å². The Morgan fingerprint density at radius 2 is 1.46 bits per heavy atom. The first kappa shape index (κ1) is 24.2. The van der Waals surface area contributed by atoms with E-state index >= 15 is 0 Å². The van der Waals surface area contributed by atoms with Crippen LogP contribution in [-0.2, 0) is 25.6 Å². The maximum Gasteiger partial charge on any atom is 0.332 e. The zero-order chi connectivity index (χ0) is 20.5. The molecule has 0 saturated heterocycles. The Labute approximate surface area is 170 Å². The smallest absolute Gasteiger partial charge is 0.332 e. The zero-order valence-electron chi connectivity index (χ0n) is 17.6. The van der Waals surface area contributed by atoms with Gasteiger partial charge in [0.15, 0.2) is 0 Å². The third kappa shape index (κ3) is 12.5. The minimum absolute atomic E-state index is 0.220. The second kappa shape index (κ2) is 16.1. The summed E-state index contributed by atoms with van der Waals surface area (Å²) in [5.74, 6) is -0.621. The van der Waals surface area contributed by atoms with E-state index in [9.17, 15) is 9.59 Å². The van der Waals surface area contributed by atoms with Crippen molar-refractivity contribution in [3.05, 3.63) is 35.4 Å². The third-order valence-electron chi connectivity index (χ3n) is 4.89. The quantitative estimate of drug-likeness (QED) is 0.336. The Bertz CT molecular complexity index is 559. The molecule has 1 aromatic carbocycles. The van der Waals surface area contributed by atoms with Gasteiger partial charge in [0.05, 0.1) is 6.42 Å². The molecule has 0 aliphatic carbocycles. The van der Waals surface area contributed by atoms with Gasteiger partial charge in [-0.2, -0.15) is 5.48 Å². The second-order valence-electron chi connectivity index (χ2n) is 7.35. The average Bonchev–Trinajstić information content (AvgIpc) is 2.70. The SMILES string of the molecule is COCCCCCCCCCCCC(=O)NOC(=O)CCc1ccccc1C. The minimum Gasteiger partial charge on any atom is -0.385 e. The lowest BCUT2D eigenvalue weighted by molar-refractivity contribution is -0.158. The fourth-order valence-electron chi connectivity index (χ4n) is 3.11. The van der Waals surface area contributed by atoms with E-state index in [1.807, 2.05) is 31.2 Å². The molecule has 1 rings (SSSR count). The molecule has 1 amide bonds. The Morgan fingerprint density at radius 1 is 0.857 bits per heavy atom. The van der Waals surface area contributed by atoms with E-state index in [2.05, 4.69) is 5.48 Å². The zero-order valence-corrected chi connectivity index (χ0v) is 17.6. The third-order valence-corrected chi connectivity index (χ3v) is 4.89. The Kier molecular flexibility index (Phi) is 13.9. The highest BCUT2D eigenvalue weighted by Gasteiger charge is 2.08. The molecule has 158 valence electrons. The number of nitrogens with one attached hydrogen (secondary N) is 1. The summed E-state index contributed by atoms with van der Waals surface area (Å²) in [5, 5.41) is 0. The van der Waals surface area contributed by atoms with Crippen LogP contribution < -0.4 is 5.48 Å². The van der Waals surface area contributed by atoms with Gasteiger partial charge in [-0.1, -0.05) is 69.2 Å². The summed E-state index contributed by atoms with van der Waals surface area (Å²) in [4.78, 5) is 28.4. The lowest BCUT2D eigenvalue weighted by Crippen LogP contribution is -2.26. The number of hydrogen-bond donors (Lipinski definition) is 1. The van der Waals surface area contributed by atoms with Crippen molar-refractivity contribution in [1.82, 2.24) is 5.48 Å². The molecule has 0 aliphatic rings. The van der Waals surface area contributed by atoms with E-state index in [1.54, 1.807) is 7.11 Å². The Hall–Kier alpha value is -1.88. The Morgan fingerprint density at radius 3 is 2.11 bits per heavy atom. The number of carbonyl (C=O) groups is 2. The van der Waals surface area contributed by atoms with E-state index in [0.29, 0.717) is 12.8 Å². The number of rotatable bonds is 15. The van der Waals surface area contributed by atoms with Gasteiger partial charge >= 0.3 is 5.97 Å². The molecule has 0 spiro atoms. The molecule has 0 unspecified atom stereocenters. The van der Waals surface area contributed by atoms with Crippen molar-refractivity contribution < 1.29 is 19.2 Å². The van der Waals surface area contributed by atoms with Crippen LogP contribution in [0.15, 0.2) is 24.3 Å². The number of aryl methyl sites for hydroxylation is 2. The molecule has 1 aromatic rings. The highest BCUT2D eigenvalue weighted by Crippen LogP contribution is 2.11. The van der Waals surface area contributed by atoms with E-state index in [1.165, 1.54) is 32.1 Å². The molecule has 0 radical (unpaired) electrons. The monoisotopic (exact) mass is 391 g/mol. The Balaban J connectivity index is 1.93. The molecule has 28 heavy (non-hydrogen) atoms. The summed E-state index contributed by atoms with van der Waals surface area (Å²) >= 11 is 0. The summed E-state index contributed by atoms with van der Waals surface area (Å²) in [6.07, 6.45) is 11.8. The normalized spacial score (nSPS) is 10.6. The number of hydroxylamine groups is 1. The van der Waals surface area contributed by atoms with Crippen molar-refractivity contribution in [3.63, 3.8) is 0 Å². The summed E-state index contributed by atoms with van der Waals surface area (Å²) in [6, 6.07) is 7.95. The largest absolute Gasteiger partial charge is 0.385 e. The number of methoxy groups -OCH3 is 1. The molecule has 5 nitrogen and oxygen atoms in total. The van der Waals surface area contributed by atoms with Crippen molar-refractivity contribution in [1.29, 1.82) is 0 Å². The lowest BCUT2D eigenvalue weighted by Gasteiger charge is -2.07. The molecule has 0 fully saturated rings. The first-order chi connectivity index (χ1) is 13.6. The molecule has 0 bridgehead atoms. The topological polar surface area (TPSA) is 64.6 Å². The van der Waals surface area contributed by atoms with Gasteiger partial charge in [-0.3, -0.25) is 4.79 Å². The summed E-state index contributed by atoms with van der Waals surface area (Å²) in [5.41, 5.74) is 4.55. The van der Waals surface area contributed by atoms with Gasteiger partial charge in [0.2, 0.25) is 0 Å². The van der Waals surface area contributed by atoms with Gasteiger partial charge in [-0.05, 0) is 37.3 Å². The summed E-state index contributed by atoms with van der Waals surface area (Å²) in [7, 11) is 1.75. The molecule has 0 heterocycles. The molecule has 1 N–H and O–H groups in total. The van der Waals surface area contributed by atoms with Crippen LogP contribution in [0.1, 0.15) is 81.8 Å². The maximum atomic E-state index is 11.7. The molecule has 0 aliphatic heterocycles. The van der Waals surface area contributed by atoms with Crippen LogP contribution in [-0.4, -0.2) is 25.6 Å². The first-order valence-corrected chi connectivity index (χ1v) is 10.7. The van der Waals surface area contributed by atoms with Crippen LogP contribution in [0.25, 0.3) is 0 Å². The van der Waals surface area contributed by atoms with E-state index in [-0.39, 0.29) is 12.3 Å². The van der Waals surface area contributed by atoms with Crippen LogP contribution >= 0.6 is 0 Å². The summed E-state index contributed by atoms with van der Waals surface area (Å²) < 4.78 is 5.04. The predicted octanol–water partition coefficient (Wildman–Crippen LogP) is 5.05. The molecular formula is C23H37NO4. The molecule has 0 saturated carbocycles. The van der Waals surface area contributed by atoms with Crippen molar-refractivity contribution in [2.24, 2.45) is 0 Å². The molecule has 0 atom stereocenters. The number of hydrogen-bond acceptors (Lipinski definition) is 4. The van der Waals surface area contributed by atoms with Crippen molar-refractivity contribution in [2.75, 3.05) is 13.7 Å². The van der Waals surface area contributed by atoms with E-state index in [0.717, 1.165) is 43.4 Å². The van der Waals surface area contributed by atoms with Gasteiger partial charge in [0, 0.05) is 20.1 Å². The van der Waals surface area contributed by atoms with Gasteiger partial charge < -0.3 is 9.57 Å². The van der Waals surface area contributed by atoms with E-state index in [4.69, 9.17) is 9.57 Å². The maximum absolute atomic E-state index is 11.7. The van der Waals surface area contributed by atoms with Crippen LogP contribution in [0.2, 0.25) is 0 Å². The second-order valence-corrected chi connectivity index (χ2v) is 7.35. The van der Waals surface area contributed by atoms with Gasteiger partial charge in [0.25, 0.3) is 5.91 Å². The average molecular weight is 392 g/mol. The van der Waals surface area contributed by atoms with Crippen LogP contribution in [0.3, 0.4) is 0 Å². The lowest BCUT2D eigenvalue weighted by atomic mass is 10.0. The van der Waals surface area contributed by atoms with Gasteiger partial charge in [-0.15, -0.1) is 0 Å². The fraction of sp³-hybridized carbons (Fsp3) is 0.652. The van der Waals surface area contributed by atoms with Crippen molar-refractivity contribution >= 4 is 11.9 Å². The first-order valence-electron chi connectivity index (χ1n) is 10.7. The highest BCUT2D eigenvalue weighted by molar-refractivity contribution is 5.77.